The molecule has 0 aliphatic carbocycles. The van der Waals surface area contributed by atoms with E-state index in [4.69, 9.17) is 5.11 Å². The molecule has 0 aliphatic rings. The molecular weight excluding hydrogens is 220 g/mol. The predicted molar refractivity (Wildman–Crippen MR) is 85.9 cm³/mol. The molecule has 104 valence electrons. The van der Waals surface area contributed by atoms with Gasteiger partial charge in [0.15, 0.2) is 0 Å². The van der Waals surface area contributed by atoms with Crippen LogP contribution in [0.4, 0.5) is 0 Å². The Bertz CT molecular complexity index is 263. The van der Waals surface area contributed by atoms with Crippen LogP contribution in [0.25, 0.3) is 0 Å². The molecule has 0 aromatic carbocycles. The molecule has 1 N–H and O–H groups in total. The molecule has 0 aliphatic heterocycles. The predicted octanol–water partition coefficient (Wildman–Crippen LogP) is 6.14. The van der Waals surface area contributed by atoms with E-state index in [1.807, 2.05) is 19.1 Å². The van der Waals surface area contributed by atoms with Crippen molar-refractivity contribution >= 4 is 0 Å². The van der Waals surface area contributed by atoms with Crippen LogP contribution < -0.4 is 0 Å². The topological polar surface area (TPSA) is 20.2 Å². The Morgan fingerprint density at radius 2 is 1.56 bits per heavy atom. The van der Waals surface area contributed by atoms with Gasteiger partial charge in [0.05, 0.1) is 5.76 Å². The highest BCUT2D eigenvalue weighted by Gasteiger charge is 1.76. The van der Waals surface area contributed by atoms with Crippen molar-refractivity contribution in [2.45, 2.75) is 47.5 Å². The number of aliphatic hydroxyl groups excluding tert-OH is 1. The van der Waals surface area contributed by atoms with Gasteiger partial charge in [0.1, 0.15) is 0 Å². The summed E-state index contributed by atoms with van der Waals surface area (Å²) in [7, 11) is 0. The Morgan fingerprint density at radius 1 is 1.06 bits per heavy atom. The van der Waals surface area contributed by atoms with Crippen LogP contribution >= 0.6 is 0 Å². The lowest BCUT2D eigenvalue weighted by atomic mass is 10.3. The van der Waals surface area contributed by atoms with Crippen LogP contribution in [0, 0.1) is 0 Å². The molecule has 1 nitrogen and oxygen atoms in total. The minimum absolute atomic E-state index is 0.316. The summed E-state index contributed by atoms with van der Waals surface area (Å²) < 4.78 is 0. The molecule has 0 aromatic rings. The zero-order chi connectivity index (χ0) is 14.8. The minimum atomic E-state index is 0.316. The highest BCUT2D eigenvalue weighted by Crippen LogP contribution is 1.94. The Labute approximate surface area is 114 Å². The van der Waals surface area contributed by atoms with Gasteiger partial charge in [-0.05, 0) is 26.3 Å². The molecule has 0 heterocycles. The Kier molecular flexibility index (Phi) is 25.2. The van der Waals surface area contributed by atoms with Crippen LogP contribution in [0.2, 0.25) is 0 Å². The average Bonchev–Trinajstić information content (AvgIpc) is 2.35. The third kappa shape index (κ3) is 36.6. The Hall–Kier alpha value is -1.50. The first-order chi connectivity index (χ1) is 8.49. The third-order valence-electron chi connectivity index (χ3n) is 1.42. The lowest BCUT2D eigenvalue weighted by Gasteiger charge is -1.85. The van der Waals surface area contributed by atoms with Crippen LogP contribution in [0.5, 0.6) is 0 Å². The maximum Gasteiger partial charge on any atom is 0.0891 e. The van der Waals surface area contributed by atoms with Crippen molar-refractivity contribution in [3.8, 4) is 0 Å². The number of hydrogen-bond acceptors (Lipinski definition) is 1. The molecule has 0 radical (unpaired) electrons. The number of hydrogen-bond donors (Lipinski definition) is 1. The lowest BCUT2D eigenvalue weighted by molar-refractivity contribution is 0.414. The van der Waals surface area contributed by atoms with E-state index in [9.17, 15) is 0 Å². The van der Waals surface area contributed by atoms with Gasteiger partial charge in [-0.3, -0.25) is 0 Å². The van der Waals surface area contributed by atoms with Crippen molar-refractivity contribution in [1.29, 1.82) is 0 Å². The molecule has 0 aromatic heterocycles. The fraction of sp³-hybridized carbons (Fsp3) is 0.412. The van der Waals surface area contributed by atoms with E-state index in [1.54, 1.807) is 25.2 Å². The van der Waals surface area contributed by atoms with E-state index in [0.717, 1.165) is 12.0 Å². The van der Waals surface area contributed by atoms with Gasteiger partial charge in [-0.1, -0.05) is 76.3 Å². The standard InChI is InChI=1S/C8H12O.C6H10.C3H8/c1-4-7(2)5-6-8(3)9;1-3-5-6-4-2;1-3-2/h4-6,9H,1H2,2-3H3;3,5-6H,1,4H2,2H3;3H2,1-2H3/b7-5-,8-6+;6-5-;. The summed E-state index contributed by atoms with van der Waals surface area (Å²) in [5.41, 5.74) is 1.04. The SMILES string of the molecule is C=C/C(C)=C\C=C(/C)O.C=C/C=C\CC.CCC. The second kappa shape index (κ2) is 20.9. The van der Waals surface area contributed by atoms with E-state index >= 15 is 0 Å². The summed E-state index contributed by atoms with van der Waals surface area (Å²) in [6.45, 7) is 17.0. The van der Waals surface area contributed by atoms with Gasteiger partial charge >= 0.3 is 0 Å². The first kappa shape index (κ1) is 21.8. The fourth-order valence-corrected chi connectivity index (χ4v) is 0.552. The summed E-state index contributed by atoms with van der Waals surface area (Å²) in [5.74, 6) is 0.316. The van der Waals surface area contributed by atoms with E-state index in [0.29, 0.717) is 5.76 Å². The zero-order valence-corrected chi connectivity index (χ0v) is 12.7. The maximum absolute atomic E-state index is 8.68. The van der Waals surface area contributed by atoms with E-state index < -0.39 is 0 Å². The van der Waals surface area contributed by atoms with Gasteiger partial charge in [-0.2, -0.15) is 0 Å². The van der Waals surface area contributed by atoms with Crippen molar-refractivity contribution in [3.63, 3.8) is 0 Å². The van der Waals surface area contributed by atoms with E-state index in [2.05, 4.69) is 40.0 Å². The normalized spacial score (nSPS) is 10.9. The van der Waals surface area contributed by atoms with Gasteiger partial charge < -0.3 is 5.11 Å². The molecule has 18 heavy (non-hydrogen) atoms. The van der Waals surface area contributed by atoms with Crippen molar-refractivity contribution in [3.05, 3.63) is 60.9 Å². The van der Waals surface area contributed by atoms with Gasteiger partial charge in [0, 0.05) is 0 Å². The molecule has 0 fully saturated rings. The van der Waals surface area contributed by atoms with Crippen molar-refractivity contribution < 1.29 is 5.11 Å². The average molecular weight is 250 g/mol. The van der Waals surface area contributed by atoms with Crippen molar-refractivity contribution in [2.24, 2.45) is 0 Å². The lowest BCUT2D eigenvalue weighted by Crippen LogP contribution is -1.68. The van der Waals surface area contributed by atoms with E-state index in [1.165, 1.54) is 6.42 Å². The third-order valence-corrected chi connectivity index (χ3v) is 1.42. The smallest absolute Gasteiger partial charge is 0.0891 e. The molecule has 0 rings (SSSR count). The molecular formula is C17H30O. The zero-order valence-electron chi connectivity index (χ0n) is 12.7. The second-order valence-electron chi connectivity index (χ2n) is 3.70. The molecule has 0 saturated carbocycles. The van der Waals surface area contributed by atoms with Crippen LogP contribution in [-0.2, 0) is 0 Å². The van der Waals surface area contributed by atoms with Gasteiger partial charge in [-0.15, -0.1) is 0 Å². The number of allylic oxidation sites excluding steroid dienone is 8. The van der Waals surface area contributed by atoms with Crippen molar-refractivity contribution in [1.82, 2.24) is 0 Å². The Balaban J connectivity index is -0.000000216. The first-order valence-corrected chi connectivity index (χ1v) is 6.44. The number of aliphatic hydroxyl groups is 1. The van der Waals surface area contributed by atoms with Crippen LogP contribution in [0.1, 0.15) is 47.5 Å². The summed E-state index contributed by atoms with van der Waals surface area (Å²) in [6.07, 6.45) is 13.3. The molecule has 0 atom stereocenters. The van der Waals surface area contributed by atoms with Crippen LogP contribution in [-0.4, -0.2) is 5.11 Å². The summed E-state index contributed by atoms with van der Waals surface area (Å²) >= 11 is 0. The van der Waals surface area contributed by atoms with Gasteiger partial charge in [-0.25, -0.2) is 0 Å². The first-order valence-electron chi connectivity index (χ1n) is 6.44. The quantitative estimate of drug-likeness (QED) is 0.469. The highest BCUT2D eigenvalue weighted by atomic mass is 16.3. The Morgan fingerprint density at radius 3 is 1.78 bits per heavy atom. The summed E-state index contributed by atoms with van der Waals surface area (Å²) in [6, 6.07) is 0. The number of rotatable bonds is 4. The fourth-order valence-electron chi connectivity index (χ4n) is 0.552. The highest BCUT2D eigenvalue weighted by molar-refractivity contribution is 5.20. The van der Waals surface area contributed by atoms with E-state index in [-0.39, 0.29) is 0 Å². The summed E-state index contributed by atoms with van der Waals surface area (Å²) in [4.78, 5) is 0. The largest absolute Gasteiger partial charge is 0.513 e. The van der Waals surface area contributed by atoms with Crippen molar-refractivity contribution in [2.75, 3.05) is 0 Å². The molecule has 0 unspecified atom stereocenters. The van der Waals surface area contributed by atoms with Crippen LogP contribution in [0.3, 0.4) is 0 Å². The molecule has 0 spiro atoms. The molecule has 1 heteroatoms. The molecule has 0 saturated heterocycles. The van der Waals surface area contributed by atoms with Gasteiger partial charge in [0.2, 0.25) is 0 Å². The van der Waals surface area contributed by atoms with Crippen LogP contribution in [0.15, 0.2) is 60.9 Å². The second-order valence-corrected chi connectivity index (χ2v) is 3.70. The molecule has 0 amide bonds. The minimum Gasteiger partial charge on any atom is -0.513 e. The van der Waals surface area contributed by atoms with Gasteiger partial charge in [0.25, 0.3) is 0 Å². The molecule has 0 bridgehead atoms. The monoisotopic (exact) mass is 250 g/mol. The maximum atomic E-state index is 8.68. The summed E-state index contributed by atoms with van der Waals surface area (Å²) in [5, 5.41) is 8.68.